The number of hydrogen-bond donors (Lipinski definition) is 1. The summed E-state index contributed by atoms with van der Waals surface area (Å²) in [4.78, 5) is 0. The number of aromatic nitrogens is 2. The van der Waals surface area contributed by atoms with Gasteiger partial charge in [-0.15, -0.1) is 0 Å². The fourth-order valence-electron chi connectivity index (χ4n) is 1.67. The topological polar surface area (TPSA) is 43.8 Å². The van der Waals surface area contributed by atoms with E-state index < -0.39 is 6.04 Å². The maximum atomic E-state index is 13.2. The molecule has 0 bridgehead atoms. The molecule has 1 atom stereocenters. The van der Waals surface area contributed by atoms with Crippen LogP contribution in [0.15, 0.2) is 28.9 Å². The molecule has 1 aromatic carbocycles. The molecule has 2 aromatic rings. The quantitative estimate of drug-likeness (QED) is 0.925. The van der Waals surface area contributed by atoms with E-state index in [-0.39, 0.29) is 5.82 Å². The summed E-state index contributed by atoms with van der Waals surface area (Å²) in [5.41, 5.74) is 7.38. The third kappa shape index (κ3) is 2.36. The van der Waals surface area contributed by atoms with Gasteiger partial charge in [-0.3, -0.25) is 4.68 Å². The van der Waals surface area contributed by atoms with Gasteiger partial charge in [-0.05, 0) is 23.8 Å². The Morgan fingerprint density at radius 1 is 1.53 bits per heavy atom. The first kappa shape index (κ1) is 12.5. The van der Waals surface area contributed by atoms with E-state index in [4.69, 9.17) is 17.3 Å². The predicted molar refractivity (Wildman–Crippen MR) is 68.3 cm³/mol. The van der Waals surface area contributed by atoms with Crippen molar-refractivity contribution in [1.29, 1.82) is 0 Å². The van der Waals surface area contributed by atoms with E-state index in [0.29, 0.717) is 16.3 Å². The lowest BCUT2D eigenvalue weighted by molar-refractivity contribution is 0.618. The van der Waals surface area contributed by atoms with E-state index >= 15 is 0 Å². The number of benzene rings is 1. The minimum absolute atomic E-state index is 0.336. The third-order valence-electron chi connectivity index (χ3n) is 2.53. The standard InChI is InChI=1S/C11H10BrClFN3/c1-17-11(9(13)5-16-17)10(15)7-4-6(14)2-3-8(7)12/h2-5,10H,15H2,1H3. The van der Waals surface area contributed by atoms with Crippen molar-refractivity contribution in [2.45, 2.75) is 6.04 Å². The molecule has 17 heavy (non-hydrogen) atoms. The molecular formula is C11H10BrClFN3. The van der Waals surface area contributed by atoms with Crippen LogP contribution in [-0.4, -0.2) is 9.78 Å². The Kier molecular flexibility index (Phi) is 3.51. The predicted octanol–water partition coefficient (Wildman–Crippen LogP) is 3.02. The van der Waals surface area contributed by atoms with Gasteiger partial charge in [0.15, 0.2) is 0 Å². The van der Waals surface area contributed by atoms with Crippen LogP contribution in [0.4, 0.5) is 4.39 Å². The molecule has 0 aliphatic carbocycles. The van der Waals surface area contributed by atoms with Gasteiger partial charge in [0, 0.05) is 11.5 Å². The molecule has 2 rings (SSSR count). The SMILES string of the molecule is Cn1ncc(Cl)c1C(N)c1cc(F)ccc1Br. The van der Waals surface area contributed by atoms with Gasteiger partial charge < -0.3 is 5.73 Å². The Labute approximate surface area is 112 Å². The van der Waals surface area contributed by atoms with Crippen LogP contribution in [0.1, 0.15) is 17.3 Å². The van der Waals surface area contributed by atoms with E-state index in [9.17, 15) is 4.39 Å². The van der Waals surface area contributed by atoms with Gasteiger partial charge in [0.2, 0.25) is 0 Å². The van der Waals surface area contributed by atoms with Crippen molar-refractivity contribution in [2.75, 3.05) is 0 Å². The zero-order chi connectivity index (χ0) is 12.6. The maximum absolute atomic E-state index is 13.2. The van der Waals surface area contributed by atoms with Gasteiger partial charge in [0.05, 0.1) is 23.0 Å². The summed E-state index contributed by atoms with van der Waals surface area (Å²) in [6.07, 6.45) is 1.52. The summed E-state index contributed by atoms with van der Waals surface area (Å²) in [6.45, 7) is 0. The van der Waals surface area contributed by atoms with E-state index in [1.165, 1.54) is 18.3 Å². The summed E-state index contributed by atoms with van der Waals surface area (Å²) in [5, 5.41) is 4.48. The Hall–Kier alpha value is -0.910. The van der Waals surface area contributed by atoms with E-state index in [2.05, 4.69) is 21.0 Å². The summed E-state index contributed by atoms with van der Waals surface area (Å²) in [5.74, 6) is -0.336. The number of rotatable bonds is 2. The smallest absolute Gasteiger partial charge is 0.123 e. The lowest BCUT2D eigenvalue weighted by Crippen LogP contribution is -2.17. The number of nitrogens with zero attached hydrogens (tertiary/aromatic N) is 2. The molecule has 1 aromatic heterocycles. The van der Waals surface area contributed by atoms with Gasteiger partial charge in [0.25, 0.3) is 0 Å². The highest BCUT2D eigenvalue weighted by molar-refractivity contribution is 9.10. The Morgan fingerprint density at radius 3 is 2.82 bits per heavy atom. The van der Waals surface area contributed by atoms with Crippen molar-refractivity contribution in [3.05, 3.63) is 51.0 Å². The van der Waals surface area contributed by atoms with Gasteiger partial charge in [-0.1, -0.05) is 27.5 Å². The fraction of sp³-hybridized carbons (Fsp3) is 0.182. The van der Waals surface area contributed by atoms with Crippen LogP contribution in [0, 0.1) is 5.82 Å². The summed E-state index contributed by atoms with van der Waals surface area (Å²) in [7, 11) is 1.74. The number of halogens is 3. The Morgan fingerprint density at radius 2 is 2.24 bits per heavy atom. The van der Waals surface area contributed by atoms with Crippen LogP contribution in [0.3, 0.4) is 0 Å². The van der Waals surface area contributed by atoms with E-state index in [1.807, 2.05) is 0 Å². The van der Waals surface area contributed by atoms with Crippen LogP contribution >= 0.6 is 27.5 Å². The van der Waals surface area contributed by atoms with E-state index in [1.54, 1.807) is 17.8 Å². The molecule has 0 amide bonds. The Balaban J connectivity index is 2.50. The lowest BCUT2D eigenvalue weighted by atomic mass is 10.0. The second-order valence-corrected chi connectivity index (χ2v) is 4.91. The molecule has 3 nitrogen and oxygen atoms in total. The molecule has 1 unspecified atom stereocenters. The minimum Gasteiger partial charge on any atom is -0.319 e. The highest BCUT2D eigenvalue weighted by Crippen LogP contribution is 2.30. The van der Waals surface area contributed by atoms with Crippen LogP contribution in [0.25, 0.3) is 0 Å². The van der Waals surface area contributed by atoms with Crippen molar-refractivity contribution in [1.82, 2.24) is 9.78 Å². The molecule has 0 saturated heterocycles. The second kappa shape index (κ2) is 4.76. The number of nitrogens with two attached hydrogens (primary N) is 1. The molecule has 0 spiro atoms. The molecule has 90 valence electrons. The molecule has 0 radical (unpaired) electrons. The van der Waals surface area contributed by atoms with Crippen LogP contribution < -0.4 is 5.73 Å². The van der Waals surface area contributed by atoms with Crippen molar-refractivity contribution in [2.24, 2.45) is 12.8 Å². The summed E-state index contributed by atoms with van der Waals surface area (Å²) < 4.78 is 15.5. The van der Waals surface area contributed by atoms with Crippen LogP contribution in [0.5, 0.6) is 0 Å². The first-order valence-electron chi connectivity index (χ1n) is 4.88. The first-order valence-corrected chi connectivity index (χ1v) is 6.05. The minimum atomic E-state index is -0.528. The molecule has 2 N–H and O–H groups in total. The van der Waals surface area contributed by atoms with Gasteiger partial charge in [-0.25, -0.2) is 4.39 Å². The van der Waals surface area contributed by atoms with Crippen LogP contribution in [0.2, 0.25) is 5.02 Å². The van der Waals surface area contributed by atoms with Gasteiger partial charge in [0.1, 0.15) is 5.82 Å². The molecule has 0 aliphatic rings. The maximum Gasteiger partial charge on any atom is 0.123 e. The van der Waals surface area contributed by atoms with Crippen molar-refractivity contribution in [3.63, 3.8) is 0 Å². The molecular weight excluding hydrogens is 308 g/mol. The van der Waals surface area contributed by atoms with Crippen molar-refractivity contribution >= 4 is 27.5 Å². The Bertz CT molecular complexity index is 536. The highest BCUT2D eigenvalue weighted by atomic mass is 79.9. The normalized spacial score (nSPS) is 12.8. The molecule has 6 heteroatoms. The largest absolute Gasteiger partial charge is 0.319 e. The van der Waals surface area contributed by atoms with Crippen LogP contribution in [-0.2, 0) is 7.05 Å². The first-order chi connectivity index (χ1) is 8.00. The highest BCUT2D eigenvalue weighted by Gasteiger charge is 2.19. The third-order valence-corrected chi connectivity index (χ3v) is 3.54. The van der Waals surface area contributed by atoms with Gasteiger partial charge in [-0.2, -0.15) is 5.10 Å². The molecule has 1 heterocycles. The monoisotopic (exact) mass is 317 g/mol. The second-order valence-electron chi connectivity index (χ2n) is 3.64. The van der Waals surface area contributed by atoms with E-state index in [0.717, 1.165) is 4.47 Å². The lowest BCUT2D eigenvalue weighted by Gasteiger charge is -2.15. The summed E-state index contributed by atoms with van der Waals surface area (Å²) >= 11 is 9.36. The van der Waals surface area contributed by atoms with Crippen molar-refractivity contribution in [3.8, 4) is 0 Å². The zero-order valence-corrected chi connectivity index (χ0v) is 11.3. The number of hydrogen-bond acceptors (Lipinski definition) is 2. The molecule has 0 saturated carbocycles. The zero-order valence-electron chi connectivity index (χ0n) is 8.99. The average Bonchev–Trinajstić information content (AvgIpc) is 2.61. The fourth-order valence-corrected chi connectivity index (χ4v) is 2.45. The number of aryl methyl sites for hydroxylation is 1. The van der Waals surface area contributed by atoms with Crippen molar-refractivity contribution < 1.29 is 4.39 Å². The molecule has 0 fully saturated rings. The summed E-state index contributed by atoms with van der Waals surface area (Å²) in [6, 6.07) is 3.85. The molecule has 0 aliphatic heterocycles. The van der Waals surface area contributed by atoms with Gasteiger partial charge >= 0.3 is 0 Å². The average molecular weight is 319 g/mol.